The summed E-state index contributed by atoms with van der Waals surface area (Å²) in [5, 5.41) is 11.2. The summed E-state index contributed by atoms with van der Waals surface area (Å²) in [4.78, 5) is 24.9. The molecule has 1 heterocycles. The summed E-state index contributed by atoms with van der Waals surface area (Å²) in [7, 11) is 0. The van der Waals surface area contributed by atoms with Crippen molar-refractivity contribution in [2.24, 2.45) is 0 Å². The van der Waals surface area contributed by atoms with Crippen LogP contribution in [0, 0.1) is 10.1 Å². The van der Waals surface area contributed by atoms with Crippen LogP contribution in [0.25, 0.3) is 0 Å². The number of benzene rings is 2. The monoisotopic (exact) mass is 346 g/mol. The van der Waals surface area contributed by atoms with Crippen LogP contribution in [-0.4, -0.2) is 17.4 Å². The zero-order valence-electron chi connectivity index (χ0n) is 11.0. The van der Waals surface area contributed by atoms with Gasteiger partial charge in [-0.2, -0.15) is 0 Å². The molecule has 2 aromatic rings. The number of anilines is 1. The van der Waals surface area contributed by atoms with E-state index in [4.69, 9.17) is 0 Å². The Morgan fingerprint density at radius 3 is 2.67 bits per heavy atom. The standard InChI is InChI=1S/C15H11BrN2O3/c16-12-6-2-1-5-11(12)15(19)17-9-8-10-4-3-7-13(14(10)17)18(20)21/h1-7H,8-9H2. The van der Waals surface area contributed by atoms with Crippen LogP contribution in [0.3, 0.4) is 0 Å². The van der Waals surface area contributed by atoms with Crippen LogP contribution in [0.1, 0.15) is 15.9 Å². The largest absolute Gasteiger partial charge is 0.302 e. The maximum atomic E-state index is 12.7. The summed E-state index contributed by atoms with van der Waals surface area (Å²) >= 11 is 3.35. The molecule has 0 saturated carbocycles. The molecule has 1 amide bonds. The molecular weight excluding hydrogens is 336 g/mol. The molecule has 5 nitrogen and oxygen atoms in total. The van der Waals surface area contributed by atoms with Gasteiger partial charge in [0.15, 0.2) is 0 Å². The van der Waals surface area contributed by atoms with Crippen LogP contribution >= 0.6 is 15.9 Å². The Morgan fingerprint density at radius 2 is 1.95 bits per heavy atom. The number of hydrogen-bond donors (Lipinski definition) is 0. The van der Waals surface area contributed by atoms with Crippen LogP contribution in [0.5, 0.6) is 0 Å². The minimum atomic E-state index is -0.440. The molecule has 1 aliphatic rings. The fraction of sp³-hybridized carbons (Fsp3) is 0.133. The number of para-hydroxylation sites is 1. The third-order valence-electron chi connectivity index (χ3n) is 3.52. The summed E-state index contributed by atoms with van der Waals surface area (Å²) in [5.74, 6) is -0.226. The predicted octanol–water partition coefficient (Wildman–Crippen LogP) is 3.56. The smallest absolute Gasteiger partial charge is 0.293 e. The second-order valence-corrected chi connectivity index (χ2v) is 5.58. The number of rotatable bonds is 2. The first-order valence-corrected chi connectivity index (χ1v) is 7.21. The third kappa shape index (κ3) is 2.31. The highest BCUT2D eigenvalue weighted by molar-refractivity contribution is 9.10. The maximum Gasteiger partial charge on any atom is 0.293 e. The van der Waals surface area contributed by atoms with Crippen molar-refractivity contribution in [1.29, 1.82) is 0 Å². The van der Waals surface area contributed by atoms with E-state index in [1.165, 1.54) is 11.0 Å². The molecule has 0 N–H and O–H groups in total. The van der Waals surface area contributed by atoms with Crippen LogP contribution in [0.15, 0.2) is 46.9 Å². The molecular formula is C15H11BrN2O3. The number of amides is 1. The van der Waals surface area contributed by atoms with E-state index in [1.807, 2.05) is 12.1 Å². The number of fused-ring (bicyclic) bond motifs is 1. The summed E-state index contributed by atoms with van der Waals surface area (Å²) in [6.07, 6.45) is 0.632. The Bertz CT molecular complexity index is 745. The molecule has 106 valence electrons. The average molecular weight is 347 g/mol. The number of halogens is 1. The van der Waals surface area contributed by atoms with Crippen molar-refractivity contribution in [3.63, 3.8) is 0 Å². The van der Waals surface area contributed by atoms with Gasteiger partial charge in [-0.25, -0.2) is 0 Å². The van der Waals surface area contributed by atoms with E-state index in [0.29, 0.717) is 28.7 Å². The first-order valence-electron chi connectivity index (χ1n) is 6.42. The van der Waals surface area contributed by atoms with Gasteiger partial charge >= 0.3 is 0 Å². The minimum Gasteiger partial charge on any atom is -0.302 e. The Labute approximate surface area is 129 Å². The Balaban J connectivity index is 2.07. The molecule has 0 radical (unpaired) electrons. The van der Waals surface area contributed by atoms with Gasteiger partial charge in [0.2, 0.25) is 0 Å². The third-order valence-corrected chi connectivity index (χ3v) is 4.21. The maximum absolute atomic E-state index is 12.7. The van der Waals surface area contributed by atoms with Crippen molar-refractivity contribution in [3.8, 4) is 0 Å². The van der Waals surface area contributed by atoms with E-state index in [-0.39, 0.29) is 11.6 Å². The topological polar surface area (TPSA) is 63.5 Å². The highest BCUT2D eigenvalue weighted by Gasteiger charge is 2.32. The number of carbonyl (C=O) groups is 1. The molecule has 0 spiro atoms. The van der Waals surface area contributed by atoms with Crippen LogP contribution < -0.4 is 4.90 Å². The van der Waals surface area contributed by atoms with Gasteiger partial charge in [-0.3, -0.25) is 14.9 Å². The van der Waals surface area contributed by atoms with Gasteiger partial charge in [0, 0.05) is 17.1 Å². The fourth-order valence-electron chi connectivity index (χ4n) is 2.57. The number of nitrogens with zero attached hydrogens (tertiary/aromatic N) is 2. The van der Waals surface area contributed by atoms with Crippen LogP contribution in [-0.2, 0) is 6.42 Å². The fourth-order valence-corrected chi connectivity index (χ4v) is 3.02. The van der Waals surface area contributed by atoms with Gasteiger partial charge in [0.05, 0.1) is 10.5 Å². The highest BCUT2D eigenvalue weighted by atomic mass is 79.9. The molecule has 0 atom stereocenters. The Morgan fingerprint density at radius 1 is 1.19 bits per heavy atom. The Hall–Kier alpha value is -2.21. The van der Waals surface area contributed by atoms with Gasteiger partial charge in [0.1, 0.15) is 5.69 Å². The van der Waals surface area contributed by atoms with Crippen molar-refractivity contribution in [3.05, 3.63) is 68.2 Å². The SMILES string of the molecule is O=C(c1ccccc1Br)N1CCc2cccc([N+](=O)[O-])c21. The number of carbonyl (C=O) groups excluding carboxylic acids is 1. The zero-order valence-corrected chi connectivity index (χ0v) is 12.5. The van der Waals surface area contributed by atoms with Gasteiger partial charge in [0.25, 0.3) is 11.6 Å². The molecule has 0 aromatic heterocycles. The number of nitro groups is 1. The van der Waals surface area contributed by atoms with Crippen molar-refractivity contribution in [2.45, 2.75) is 6.42 Å². The first-order chi connectivity index (χ1) is 10.1. The van der Waals surface area contributed by atoms with Crippen LogP contribution in [0.4, 0.5) is 11.4 Å². The molecule has 0 unspecified atom stereocenters. The van der Waals surface area contributed by atoms with Crippen molar-refractivity contribution < 1.29 is 9.72 Å². The van der Waals surface area contributed by atoms with E-state index < -0.39 is 4.92 Å². The molecule has 0 aliphatic carbocycles. The van der Waals surface area contributed by atoms with E-state index in [0.717, 1.165) is 5.56 Å². The highest BCUT2D eigenvalue weighted by Crippen LogP contribution is 2.38. The average Bonchev–Trinajstić information content (AvgIpc) is 2.90. The lowest BCUT2D eigenvalue weighted by Crippen LogP contribution is -2.29. The van der Waals surface area contributed by atoms with E-state index in [1.54, 1.807) is 24.3 Å². The van der Waals surface area contributed by atoms with Gasteiger partial charge in [-0.05, 0) is 40.0 Å². The summed E-state index contributed by atoms with van der Waals surface area (Å²) in [6, 6.07) is 12.0. The van der Waals surface area contributed by atoms with Gasteiger partial charge in [-0.15, -0.1) is 0 Å². The first kappa shape index (κ1) is 13.8. The molecule has 1 aliphatic heterocycles. The van der Waals surface area contributed by atoms with Crippen LogP contribution in [0.2, 0.25) is 0 Å². The summed E-state index contributed by atoms with van der Waals surface area (Å²) in [6.45, 7) is 0.459. The summed E-state index contributed by atoms with van der Waals surface area (Å²) < 4.78 is 0.682. The summed E-state index contributed by atoms with van der Waals surface area (Å²) in [5.41, 5.74) is 1.74. The van der Waals surface area contributed by atoms with E-state index in [2.05, 4.69) is 15.9 Å². The number of hydrogen-bond acceptors (Lipinski definition) is 3. The van der Waals surface area contributed by atoms with Crippen molar-refractivity contribution >= 4 is 33.2 Å². The molecule has 21 heavy (non-hydrogen) atoms. The second kappa shape index (κ2) is 5.29. The quantitative estimate of drug-likeness (QED) is 0.616. The predicted molar refractivity (Wildman–Crippen MR) is 82.6 cm³/mol. The van der Waals surface area contributed by atoms with E-state index >= 15 is 0 Å². The van der Waals surface area contributed by atoms with E-state index in [9.17, 15) is 14.9 Å². The van der Waals surface area contributed by atoms with Crippen molar-refractivity contribution in [2.75, 3.05) is 11.4 Å². The molecule has 2 aromatic carbocycles. The van der Waals surface area contributed by atoms with Gasteiger partial charge in [-0.1, -0.05) is 24.3 Å². The minimum absolute atomic E-state index is 0.0228. The second-order valence-electron chi connectivity index (χ2n) is 4.73. The zero-order chi connectivity index (χ0) is 15.0. The lowest BCUT2D eigenvalue weighted by atomic mass is 10.1. The lowest BCUT2D eigenvalue weighted by Gasteiger charge is -2.18. The molecule has 0 saturated heterocycles. The Kier molecular flexibility index (Phi) is 3.47. The van der Waals surface area contributed by atoms with Gasteiger partial charge < -0.3 is 4.90 Å². The molecule has 0 fully saturated rings. The van der Waals surface area contributed by atoms with Crippen molar-refractivity contribution in [1.82, 2.24) is 0 Å². The molecule has 6 heteroatoms. The normalized spacial score (nSPS) is 13.1. The lowest BCUT2D eigenvalue weighted by molar-refractivity contribution is -0.384. The number of nitro benzene ring substituents is 1. The molecule has 3 rings (SSSR count). The molecule has 0 bridgehead atoms.